The van der Waals surface area contributed by atoms with Gasteiger partial charge in [0.05, 0.1) is 25.6 Å². The molecule has 2 amide bonds. The molecule has 9 nitrogen and oxygen atoms in total. The number of hydrogen-bond donors (Lipinski definition) is 3. The zero-order valence-electron chi connectivity index (χ0n) is 20.3. The van der Waals surface area contributed by atoms with Crippen LogP contribution in [0.3, 0.4) is 0 Å². The fourth-order valence-electron chi connectivity index (χ4n) is 3.69. The minimum absolute atomic E-state index is 0.172. The Morgan fingerprint density at radius 3 is 2.44 bits per heavy atom. The van der Waals surface area contributed by atoms with Crippen LogP contribution < -0.4 is 21.0 Å². The Labute approximate surface area is 212 Å². The van der Waals surface area contributed by atoms with Gasteiger partial charge in [-0.3, -0.25) is 9.59 Å². The smallest absolute Gasteiger partial charge is 0.340 e. The fraction of sp³-hybridized carbons (Fsp3) is 0.308. The maximum atomic E-state index is 12.6. The first kappa shape index (κ1) is 26.8. The van der Waals surface area contributed by atoms with Crippen molar-refractivity contribution in [1.82, 2.24) is 10.6 Å². The van der Waals surface area contributed by atoms with Gasteiger partial charge in [-0.2, -0.15) is 11.8 Å². The average molecular weight is 513 g/mol. The van der Waals surface area contributed by atoms with E-state index in [1.807, 2.05) is 30.3 Å². The van der Waals surface area contributed by atoms with Gasteiger partial charge in [0.15, 0.2) is 0 Å². The van der Waals surface area contributed by atoms with Gasteiger partial charge >= 0.3 is 11.6 Å². The highest BCUT2D eigenvalue weighted by Crippen LogP contribution is 2.29. The van der Waals surface area contributed by atoms with Crippen LogP contribution in [0.4, 0.5) is 0 Å². The molecule has 1 atom stereocenters. The van der Waals surface area contributed by atoms with Gasteiger partial charge in [0.25, 0.3) is 0 Å². The van der Waals surface area contributed by atoms with Gasteiger partial charge in [-0.15, -0.1) is 0 Å². The van der Waals surface area contributed by atoms with Crippen molar-refractivity contribution in [2.45, 2.75) is 32.1 Å². The molecule has 0 bridgehead atoms. The van der Waals surface area contributed by atoms with Crippen LogP contribution in [-0.2, 0) is 26.6 Å². The Morgan fingerprint density at radius 1 is 1.06 bits per heavy atom. The normalized spacial score (nSPS) is 11.6. The number of fused-ring (bicyclic) bond motifs is 1. The zero-order valence-corrected chi connectivity index (χ0v) is 21.1. The van der Waals surface area contributed by atoms with E-state index < -0.39 is 36.0 Å². The van der Waals surface area contributed by atoms with Crippen LogP contribution in [0.5, 0.6) is 5.75 Å². The number of amides is 2. The van der Waals surface area contributed by atoms with E-state index in [-0.39, 0.29) is 17.7 Å². The number of thioether (sulfide) groups is 1. The lowest BCUT2D eigenvalue weighted by Gasteiger charge is -2.15. The van der Waals surface area contributed by atoms with E-state index in [1.165, 1.54) is 18.9 Å². The molecule has 36 heavy (non-hydrogen) atoms. The molecule has 0 radical (unpaired) electrons. The summed E-state index contributed by atoms with van der Waals surface area (Å²) >= 11 is 1.38. The number of ether oxygens (including phenoxy) is 1. The van der Waals surface area contributed by atoms with E-state index in [2.05, 4.69) is 10.6 Å². The molecule has 0 aliphatic rings. The summed E-state index contributed by atoms with van der Waals surface area (Å²) in [5.41, 5.74) is 2.27. The van der Waals surface area contributed by atoms with Crippen molar-refractivity contribution in [2.24, 2.45) is 0 Å². The molecule has 0 spiro atoms. The largest absolute Gasteiger partial charge is 0.496 e. The Balaban J connectivity index is 1.56. The molecule has 1 unspecified atom stereocenters. The number of aryl methyl sites for hydroxylation is 2. The van der Waals surface area contributed by atoms with Crippen molar-refractivity contribution in [1.29, 1.82) is 0 Å². The predicted octanol–water partition coefficient (Wildman–Crippen LogP) is 2.58. The minimum Gasteiger partial charge on any atom is -0.496 e. The molecule has 0 fully saturated rings. The first-order chi connectivity index (χ1) is 17.2. The number of aliphatic carboxylic acids is 1. The molecule has 3 rings (SSSR count). The molecular weight excluding hydrogens is 484 g/mol. The molecule has 1 aromatic heterocycles. The molecule has 190 valence electrons. The summed E-state index contributed by atoms with van der Waals surface area (Å²) in [5.74, 6) is -0.995. The van der Waals surface area contributed by atoms with Gasteiger partial charge in [-0.1, -0.05) is 30.3 Å². The molecule has 1 heterocycles. The van der Waals surface area contributed by atoms with Gasteiger partial charge < -0.3 is 24.9 Å². The predicted molar refractivity (Wildman–Crippen MR) is 137 cm³/mol. The van der Waals surface area contributed by atoms with Gasteiger partial charge in [-0.25, -0.2) is 9.59 Å². The summed E-state index contributed by atoms with van der Waals surface area (Å²) in [6.45, 7) is 3.09. The Bertz CT molecular complexity index is 1320. The van der Waals surface area contributed by atoms with Crippen LogP contribution in [0.15, 0.2) is 51.7 Å². The first-order valence-electron chi connectivity index (χ1n) is 11.2. The maximum Gasteiger partial charge on any atom is 0.340 e. The number of nitrogens with one attached hydrogen (secondary N) is 2. The number of benzene rings is 2. The highest BCUT2D eigenvalue weighted by atomic mass is 32.2. The van der Waals surface area contributed by atoms with Crippen molar-refractivity contribution in [3.8, 4) is 5.75 Å². The number of carbonyl (C=O) groups is 3. The Kier molecular flexibility index (Phi) is 9.13. The molecular formula is C26H28N2O7S. The van der Waals surface area contributed by atoms with Gasteiger partial charge in [0, 0.05) is 22.5 Å². The number of carboxylic acids is 1. The van der Waals surface area contributed by atoms with Crippen molar-refractivity contribution < 1.29 is 28.6 Å². The van der Waals surface area contributed by atoms with E-state index in [0.29, 0.717) is 33.6 Å². The minimum atomic E-state index is -1.16. The van der Waals surface area contributed by atoms with E-state index in [9.17, 15) is 24.3 Å². The van der Waals surface area contributed by atoms with E-state index >= 15 is 0 Å². The third-order valence-electron chi connectivity index (χ3n) is 5.69. The first-order valence-corrected chi connectivity index (χ1v) is 12.4. The van der Waals surface area contributed by atoms with E-state index in [4.69, 9.17) is 9.15 Å². The number of methoxy groups -OCH3 is 1. The lowest BCUT2D eigenvalue weighted by Crippen LogP contribution is -2.47. The quantitative estimate of drug-likeness (QED) is 0.334. The van der Waals surface area contributed by atoms with Crippen molar-refractivity contribution in [3.63, 3.8) is 0 Å². The molecule has 0 aliphatic heterocycles. The summed E-state index contributed by atoms with van der Waals surface area (Å²) < 4.78 is 10.7. The zero-order chi connectivity index (χ0) is 26.2. The SMILES string of the molecule is COc1ccc2c(C)c(CC(=O)NCC(=O)NC(CSCc3ccccc3)C(=O)O)c(=O)oc2c1C. The van der Waals surface area contributed by atoms with Crippen molar-refractivity contribution in [2.75, 3.05) is 19.4 Å². The fourth-order valence-corrected chi connectivity index (χ4v) is 4.69. The van der Waals surface area contributed by atoms with Crippen LogP contribution >= 0.6 is 11.8 Å². The number of carbonyl (C=O) groups excluding carboxylic acids is 2. The summed E-state index contributed by atoms with van der Waals surface area (Å²) in [6, 6.07) is 12.0. The summed E-state index contributed by atoms with van der Waals surface area (Å²) in [6.07, 6.45) is -0.280. The Morgan fingerprint density at radius 2 is 1.78 bits per heavy atom. The highest BCUT2D eigenvalue weighted by molar-refractivity contribution is 7.98. The lowest BCUT2D eigenvalue weighted by atomic mass is 10.0. The lowest BCUT2D eigenvalue weighted by molar-refractivity contribution is -0.141. The summed E-state index contributed by atoms with van der Waals surface area (Å²) in [4.78, 5) is 48.8. The summed E-state index contributed by atoms with van der Waals surface area (Å²) in [5, 5.41) is 15.0. The van der Waals surface area contributed by atoms with Crippen molar-refractivity contribution in [3.05, 3.63) is 75.1 Å². The van der Waals surface area contributed by atoms with Crippen LogP contribution in [-0.4, -0.2) is 48.3 Å². The number of rotatable bonds is 11. The van der Waals surface area contributed by atoms with E-state index in [0.717, 1.165) is 5.56 Å². The second-order valence-electron chi connectivity index (χ2n) is 8.18. The average Bonchev–Trinajstić information content (AvgIpc) is 2.86. The third-order valence-corrected chi connectivity index (χ3v) is 6.79. The second-order valence-corrected chi connectivity index (χ2v) is 9.21. The standard InChI is InChI=1S/C26H28N2O7S/c1-15-18-9-10-21(34-3)16(2)24(18)35-26(33)19(15)11-22(29)27-12-23(30)28-20(25(31)32)14-36-13-17-7-5-4-6-8-17/h4-10,20H,11-14H2,1-3H3,(H,27,29)(H,28,30)(H,31,32). The maximum absolute atomic E-state index is 12.6. The second kappa shape index (κ2) is 12.3. The van der Waals surface area contributed by atoms with Crippen LogP contribution in [0.2, 0.25) is 0 Å². The van der Waals surface area contributed by atoms with Crippen molar-refractivity contribution >= 4 is 40.5 Å². The third kappa shape index (κ3) is 6.66. The number of hydrogen-bond acceptors (Lipinski definition) is 7. The molecule has 3 aromatic rings. The van der Waals surface area contributed by atoms with Gasteiger partial charge in [-0.05, 0) is 37.1 Å². The van der Waals surface area contributed by atoms with Crippen LogP contribution in [0, 0.1) is 13.8 Å². The molecule has 3 N–H and O–H groups in total. The van der Waals surface area contributed by atoms with Gasteiger partial charge in [0.1, 0.15) is 17.4 Å². The molecule has 0 saturated heterocycles. The molecule has 0 saturated carbocycles. The molecule has 2 aromatic carbocycles. The summed E-state index contributed by atoms with van der Waals surface area (Å²) in [7, 11) is 1.52. The molecule has 0 aliphatic carbocycles. The van der Waals surface area contributed by atoms with Gasteiger partial charge in [0.2, 0.25) is 11.8 Å². The topological polar surface area (TPSA) is 135 Å². The van der Waals surface area contributed by atoms with Crippen LogP contribution in [0.1, 0.15) is 22.3 Å². The highest BCUT2D eigenvalue weighted by Gasteiger charge is 2.21. The molecule has 10 heteroatoms. The van der Waals surface area contributed by atoms with E-state index in [1.54, 1.807) is 26.0 Å². The monoisotopic (exact) mass is 512 g/mol. The Hall–Kier alpha value is -3.79. The number of carboxylic acid groups (broad SMARTS) is 1. The van der Waals surface area contributed by atoms with Crippen LogP contribution in [0.25, 0.3) is 11.0 Å².